The summed E-state index contributed by atoms with van der Waals surface area (Å²) in [6, 6.07) is 6.14. The van der Waals surface area contributed by atoms with Crippen molar-refractivity contribution in [1.29, 1.82) is 0 Å². The van der Waals surface area contributed by atoms with Crippen LogP contribution >= 0.6 is 22.6 Å². The van der Waals surface area contributed by atoms with Gasteiger partial charge in [-0.15, -0.1) is 0 Å². The minimum Gasteiger partial charge on any atom is -0.369 e. The quantitative estimate of drug-likeness (QED) is 0.755. The van der Waals surface area contributed by atoms with Crippen molar-refractivity contribution in [3.8, 4) is 0 Å². The van der Waals surface area contributed by atoms with Crippen molar-refractivity contribution < 1.29 is 8.42 Å². The molecule has 0 unspecified atom stereocenters. The van der Waals surface area contributed by atoms with Crippen LogP contribution in [-0.2, 0) is 9.84 Å². The molecule has 0 bridgehead atoms. The Morgan fingerprint density at radius 3 is 2.68 bits per heavy atom. The number of hydrogen-bond acceptors (Lipinski definition) is 4. The van der Waals surface area contributed by atoms with Crippen LogP contribution in [0.3, 0.4) is 0 Å². The summed E-state index contributed by atoms with van der Waals surface area (Å²) in [5, 5.41) is 0. The van der Waals surface area contributed by atoms with E-state index in [2.05, 4.69) is 27.6 Å². The van der Waals surface area contributed by atoms with E-state index in [1.165, 1.54) is 0 Å². The van der Waals surface area contributed by atoms with Crippen molar-refractivity contribution in [1.82, 2.24) is 9.55 Å². The first kappa shape index (κ1) is 13.2. The number of fused-ring (bicyclic) bond motifs is 1. The molecule has 3 rings (SSSR count). The van der Waals surface area contributed by atoms with Gasteiger partial charge in [0, 0.05) is 9.61 Å². The number of hydrogen-bond donors (Lipinski definition) is 1. The summed E-state index contributed by atoms with van der Waals surface area (Å²) in [5.41, 5.74) is 7.86. The molecule has 2 heterocycles. The van der Waals surface area contributed by atoms with E-state index in [9.17, 15) is 8.42 Å². The van der Waals surface area contributed by atoms with Gasteiger partial charge in [0.1, 0.15) is 9.84 Å². The topological polar surface area (TPSA) is 78.0 Å². The highest BCUT2D eigenvalue weighted by molar-refractivity contribution is 14.1. The number of benzene rings is 1. The van der Waals surface area contributed by atoms with Crippen LogP contribution in [0.4, 0.5) is 5.95 Å². The smallest absolute Gasteiger partial charge is 0.201 e. The Labute approximate surface area is 125 Å². The fourth-order valence-corrected chi connectivity index (χ4v) is 4.55. The summed E-state index contributed by atoms with van der Waals surface area (Å²) >= 11 is 2.24. The largest absolute Gasteiger partial charge is 0.369 e. The molecular weight excluding hydrogens is 377 g/mol. The van der Waals surface area contributed by atoms with Crippen molar-refractivity contribution in [3.05, 3.63) is 21.8 Å². The molecule has 0 saturated carbocycles. The molecular formula is C12H14IN3O2S. The molecule has 5 nitrogen and oxygen atoms in total. The summed E-state index contributed by atoms with van der Waals surface area (Å²) in [6.45, 7) is 0. The van der Waals surface area contributed by atoms with Crippen molar-refractivity contribution >= 4 is 49.4 Å². The van der Waals surface area contributed by atoms with Crippen molar-refractivity contribution in [2.75, 3.05) is 17.2 Å². The van der Waals surface area contributed by atoms with E-state index in [0.717, 1.165) is 14.6 Å². The van der Waals surface area contributed by atoms with Gasteiger partial charge in [-0.2, -0.15) is 0 Å². The van der Waals surface area contributed by atoms with E-state index in [-0.39, 0.29) is 17.5 Å². The second-order valence-electron chi connectivity index (χ2n) is 4.86. The fraction of sp³-hybridized carbons (Fsp3) is 0.417. The first-order valence-corrected chi connectivity index (χ1v) is 9.00. The highest BCUT2D eigenvalue weighted by Crippen LogP contribution is 2.31. The molecule has 102 valence electrons. The summed E-state index contributed by atoms with van der Waals surface area (Å²) in [7, 11) is -2.86. The van der Waals surface area contributed by atoms with Crippen LogP contribution in [0.5, 0.6) is 0 Å². The average molecular weight is 391 g/mol. The molecule has 1 saturated heterocycles. The molecule has 2 aromatic rings. The number of anilines is 1. The third-order valence-electron chi connectivity index (χ3n) is 3.57. The van der Waals surface area contributed by atoms with Crippen molar-refractivity contribution in [2.45, 2.75) is 18.9 Å². The number of halogens is 1. The molecule has 0 radical (unpaired) electrons. The zero-order valence-electron chi connectivity index (χ0n) is 10.2. The van der Waals surface area contributed by atoms with Crippen molar-refractivity contribution in [2.24, 2.45) is 0 Å². The SMILES string of the molecule is Nc1nc2cc(I)ccc2n1C1CCS(=O)(=O)CC1. The predicted molar refractivity (Wildman–Crippen MR) is 83.8 cm³/mol. The van der Waals surface area contributed by atoms with Gasteiger partial charge in [0.15, 0.2) is 0 Å². The van der Waals surface area contributed by atoms with E-state index in [1.54, 1.807) is 0 Å². The normalized spacial score (nSPS) is 19.8. The standard InChI is InChI=1S/C12H14IN3O2S/c13-8-1-2-11-10(7-8)15-12(14)16(11)9-3-5-19(17,18)6-4-9/h1-2,7,9H,3-6H2,(H2,14,15). The number of sulfone groups is 1. The lowest BCUT2D eigenvalue weighted by Gasteiger charge is -2.24. The van der Waals surface area contributed by atoms with Crippen LogP contribution in [0, 0.1) is 3.57 Å². The van der Waals surface area contributed by atoms with Gasteiger partial charge in [0.2, 0.25) is 5.95 Å². The van der Waals surface area contributed by atoms with Gasteiger partial charge in [0.05, 0.1) is 22.5 Å². The van der Waals surface area contributed by atoms with Crippen LogP contribution in [0.25, 0.3) is 11.0 Å². The lowest BCUT2D eigenvalue weighted by atomic mass is 10.1. The Hall–Kier alpha value is -0.830. The number of nitrogens with two attached hydrogens (primary N) is 1. The van der Waals surface area contributed by atoms with E-state index in [4.69, 9.17) is 5.73 Å². The lowest BCUT2D eigenvalue weighted by Crippen LogP contribution is -2.26. The number of nitrogens with zero attached hydrogens (tertiary/aromatic N) is 2. The monoisotopic (exact) mass is 391 g/mol. The van der Waals surface area contributed by atoms with Crippen LogP contribution in [0.15, 0.2) is 18.2 Å². The Morgan fingerprint density at radius 2 is 2.00 bits per heavy atom. The number of imidazole rings is 1. The minimum atomic E-state index is -2.86. The molecule has 19 heavy (non-hydrogen) atoms. The van der Waals surface area contributed by atoms with Crippen LogP contribution < -0.4 is 5.73 Å². The predicted octanol–water partition coefficient (Wildman–Crippen LogP) is 1.97. The van der Waals surface area contributed by atoms with Gasteiger partial charge in [-0.1, -0.05) is 0 Å². The van der Waals surface area contributed by atoms with Gasteiger partial charge in [-0.3, -0.25) is 0 Å². The van der Waals surface area contributed by atoms with Gasteiger partial charge in [-0.05, 0) is 53.6 Å². The second kappa shape index (κ2) is 4.62. The van der Waals surface area contributed by atoms with E-state index in [0.29, 0.717) is 18.8 Å². The lowest BCUT2D eigenvalue weighted by molar-refractivity contribution is 0.463. The molecule has 2 N–H and O–H groups in total. The molecule has 7 heteroatoms. The summed E-state index contributed by atoms with van der Waals surface area (Å²) in [6.07, 6.45) is 1.23. The molecule has 0 amide bonds. The van der Waals surface area contributed by atoms with E-state index < -0.39 is 9.84 Å². The van der Waals surface area contributed by atoms with Crippen LogP contribution in [0.1, 0.15) is 18.9 Å². The summed E-state index contributed by atoms with van der Waals surface area (Å²) < 4.78 is 26.1. The summed E-state index contributed by atoms with van der Waals surface area (Å²) in [5.74, 6) is 0.948. The third kappa shape index (κ3) is 2.45. The van der Waals surface area contributed by atoms with Crippen molar-refractivity contribution in [3.63, 3.8) is 0 Å². The highest BCUT2D eigenvalue weighted by Gasteiger charge is 2.27. The Bertz CT molecular complexity index is 725. The van der Waals surface area contributed by atoms with Gasteiger partial charge in [0.25, 0.3) is 0 Å². The second-order valence-corrected chi connectivity index (χ2v) is 8.41. The highest BCUT2D eigenvalue weighted by atomic mass is 127. The molecule has 1 aliphatic rings. The molecule has 1 fully saturated rings. The maximum absolute atomic E-state index is 11.5. The number of aromatic nitrogens is 2. The molecule has 0 spiro atoms. The first-order valence-electron chi connectivity index (χ1n) is 6.10. The summed E-state index contributed by atoms with van der Waals surface area (Å²) in [4.78, 5) is 4.37. The number of nitrogen functional groups attached to an aromatic ring is 1. The molecule has 0 atom stereocenters. The molecule has 1 aromatic carbocycles. The molecule has 1 aromatic heterocycles. The molecule has 0 aliphatic carbocycles. The van der Waals surface area contributed by atoms with E-state index in [1.807, 2.05) is 22.8 Å². The minimum absolute atomic E-state index is 0.133. The Morgan fingerprint density at radius 1 is 1.32 bits per heavy atom. The average Bonchev–Trinajstić information content (AvgIpc) is 2.65. The van der Waals surface area contributed by atoms with Gasteiger partial charge >= 0.3 is 0 Å². The van der Waals surface area contributed by atoms with Gasteiger partial charge in [-0.25, -0.2) is 13.4 Å². The van der Waals surface area contributed by atoms with E-state index >= 15 is 0 Å². The zero-order valence-corrected chi connectivity index (χ0v) is 13.2. The zero-order chi connectivity index (χ0) is 13.6. The maximum atomic E-state index is 11.5. The van der Waals surface area contributed by atoms with Gasteiger partial charge < -0.3 is 10.3 Å². The Balaban J connectivity index is 2.03. The molecule has 1 aliphatic heterocycles. The Kier molecular flexibility index (Phi) is 3.20. The van der Waals surface area contributed by atoms with Crippen LogP contribution in [-0.4, -0.2) is 29.5 Å². The first-order chi connectivity index (χ1) is 8.96. The maximum Gasteiger partial charge on any atom is 0.201 e. The van der Waals surface area contributed by atoms with Crippen LogP contribution in [0.2, 0.25) is 0 Å². The third-order valence-corrected chi connectivity index (χ3v) is 5.95. The number of rotatable bonds is 1. The fourth-order valence-electron chi connectivity index (χ4n) is 2.61.